The number of likely N-dealkylation sites (N-methyl/N-ethyl adjacent to an activating group) is 1. The van der Waals surface area contributed by atoms with E-state index in [4.69, 9.17) is 4.74 Å². The number of hydrogen-bond donors (Lipinski definition) is 1. The molecule has 118 valence electrons. The lowest BCUT2D eigenvalue weighted by atomic mass is 10.1. The van der Waals surface area contributed by atoms with Gasteiger partial charge in [-0.05, 0) is 50.7 Å². The first-order valence-corrected chi connectivity index (χ1v) is 7.38. The molecule has 1 aromatic rings. The van der Waals surface area contributed by atoms with Crippen molar-refractivity contribution >= 4 is 11.9 Å². The largest absolute Gasteiger partial charge is 0.489 e. The molecule has 1 aromatic carbocycles. The predicted molar refractivity (Wildman–Crippen MR) is 86.1 cm³/mol. The number of nitrogens with one attached hydrogen (secondary N) is 1. The number of carbonyl (C=O) groups is 1. The van der Waals surface area contributed by atoms with Crippen molar-refractivity contribution in [1.29, 1.82) is 0 Å². The summed E-state index contributed by atoms with van der Waals surface area (Å²) >= 11 is 0. The molecule has 1 unspecified atom stereocenters. The minimum atomic E-state index is -0.371. The molecule has 4 heteroatoms. The van der Waals surface area contributed by atoms with Gasteiger partial charge in [-0.1, -0.05) is 20.8 Å². The summed E-state index contributed by atoms with van der Waals surface area (Å²) < 4.78 is 19.2. The maximum absolute atomic E-state index is 13.5. The van der Waals surface area contributed by atoms with E-state index in [-0.39, 0.29) is 17.7 Å². The maximum Gasteiger partial charge on any atom is 0.152 e. The molecule has 0 aromatic heterocycles. The van der Waals surface area contributed by atoms with Crippen LogP contribution in [0.25, 0.3) is 6.08 Å². The number of halogens is 1. The molecule has 0 bridgehead atoms. The Balaban J connectivity index is 0.00000191. The van der Waals surface area contributed by atoms with Crippen molar-refractivity contribution in [2.75, 3.05) is 13.1 Å². The Labute approximate surface area is 127 Å². The first kappa shape index (κ1) is 19.3. The lowest BCUT2D eigenvalue weighted by molar-refractivity contribution is -0.112. The van der Waals surface area contributed by atoms with Crippen molar-refractivity contribution < 1.29 is 13.9 Å². The number of rotatable bonds is 7. The summed E-state index contributed by atoms with van der Waals surface area (Å²) in [4.78, 5) is 10.9. The first-order chi connectivity index (χ1) is 10.0. The van der Waals surface area contributed by atoms with Gasteiger partial charge < -0.3 is 10.1 Å². The highest BCUT2D eigenvalue weighted by atomic mass is 19.1. The molecule has 1 rings (SSSR count). The molecular weight excluding hydrogens is 269 g/mol. The monoisotopic (exact) mass is 295 g/mol. The number of benzene rings is 1. The molecule has 0 aliphatic carbocycles. The number of ether oxygens (including phenoxy) is 1. The Morgan fingerprint density at radius 2 is 2.10 bits per heavy atom. The van der Waals surface area contributed by atoms with Gasteiger partial charge in [-0.2, -0.15) is 0 Å². The molecule has 1 N–H and O–H groups in total. The average Bonchev–Trinajstić information content (AvgIpc) is 2.47. The van der Waals surface area contributed by atoms with E-state index in [1.54, 1.807) is 12.1 Å². The van der Waals surface area contributed by atoms with Crippen molar-refractivity contribution in [2.24, 2.45) is 0 Å². The van der Waals surface area contributed by atoms with Gasteiger partial charge in [0.25, 0.3) is 0 Å². The molecule has 0 radical (unpaired) electrons. The fraction of sp³-hybridized carbons (Fsp3) is 0.471. The first-order valence-electron chi connectivity index (χ1n) is 7.38. The molecule has 21 heavy (non-hydrogen) atoms. The minimum Gasteiger partial charge on any atom is -0.489 e. The van der Waals surface area contributed by atoms with Gasteiger partial charge in [0, 0.05) is 12.1 Å². The lowest BCUT2D eigenvalue weighted by Gasteiger charge is -2.15. The van der Waals surface area contributed by atoms with E-state index < -0.39 is 0 Å². The second-order valence-electron chi connectivity index (χ2n) is 4.36. The quantitative estimate of drug-likeness (QED) is 0.777. The van der Waals surface area contributed by atoms with Crippen LogP contribution in [-0.4, -0.2) is 25.0 Å². The fourth-order valence-corrected chi connectivity index (χ4v) is 1.55. The van der Waals surface area contributed by atoms with E-state index in [9.17, 15) is 9.18 Å². The molecule has 0 aliphatic rings. The van der Waals surface area contributed by atoms with Crippen molar-refractivity contribution in [1.82, 2.24) is 5.32 Å². The molecule has 3 nitrogen and oxygen atoms in total. The number of allylic oxidation sites excluding steroid dienone is 1. The topological polar surface area (TPSA) is 38.3 Å². The third kappa shape index (κ3) is 8.25. The zero-order chi connectivity index (χ0) is 16.3. The molecule has 0 fully saturated rings. The summed E-state index contributed by atoms with van der Waals surface area (Å²) in [5, 5.41) is 3.18. The third-order valence-corrected chi connectivity index (χ3v) is 2.48. The summed E-state index contributed by atoms with van der Waals surface area (Å²) in [7, 11) is 0. The average molecular weight is 295 g/mol. The molecule has 0 heterocycles. The van der Waals surface area contributed by atoms with Gasteiger partial charge in [0.1, 0.15) is 17.7 Å². The third-order valence-electron chi connectivity index (χ3n) is 2.48. The van der Waals surface area contributed by atoms with Crippen LogP contribution in [0.5, 0.6) is 5.75 Å². The highest BCUT2D eigenvalue weighted by Crippen LogP contribution is 2.19. The van der Waals surface area contributed by atoms with E-state index >= 15 is 0 Å². The van der Waals surface area contributed by atoms with Gasteiger partial charge in [0.05, 0.1) is 0 Å². The normalized spacial score (nSPS) is 11.7. The molecule has 0 aliphatic heterocycles. The number of carbonyl (C=O) groups excluding carboxylic acids is 1. The number of hydrogen-bond acceptors (Lipinski definition) is 3. The highest BCUT2D eigenvalue weighted by molar-refractivity contribution is 5.91. The van der Waals surface area contributed by atoms with Gasteiger partial charge in [-0.25, -0.2) is 4.39 Å². The van der Waals surface area contributed by atoms with Crippen molar-refractivity contribution in [3.8, 4) is 5.75 Å². The number of ketones is 1. The van der Waals surface area contributed by atoms with Crippen LogP contribution >= 0.6 is 0 Å². The molecule has 0 saturated carbocycles. The predicted octanol–water partition coefficient (Wildman–Crippen LogP) is 3.83. The smallest absolute Gasteiger partial charge is 0.152 e. The summed E-state index contributed by atoms with van der Waals surface area (Å²) in [6.07, 6.45) is 2.79. The van der Waals surface area contributed by atoms with E-state index in [0.29, 0.717) is 11.3 Å². The zero-order valence-electron chi connectivity index (χ0n) is 13.6. The highest BCUT2D eigenvalue weighted by Gasteiger charge is 2.06. The fourth-order valence-electron chi connectivity index (χ4n) is 1.55. The SMILES string of the molecule is CC.CCNCC(C)Oc1ccc(F)c(/C=C/C(C)=O)c1. The Morgan fingerprint density at radius 1 is 1.43 bits per heavy atom. The molecule has 0 saturated heterocycles. The molecular formula is C17H26FNO2. The Kier molecular flexibility index (Phi) is 10.1. The van der Waals surface area contributed by atoms with E-state index in [0.717, 1.165) is 13.1 Å². The van der Waals surface area contributed by atoms with Crippen molar-refractivity contribution in [3.05, 3.63) is 35.7 Å². The van der Waals surface area contributed by atoms with Crippen LogP contribution < -0.4 is 10.1 Å². The molecule has 1 atom stereocenters. The van der Waals surface area contributed by atoms with Gasteiger partial charge in [-0.15, -0.1) is 0 Å². The standard InChI is InChI=1S/C15H20FNO2.C2H6/c1-4-17-10-12(3)19-14-7-8-15(16)13(9-14)6-5-11(2)18;1-2/h5-9,12,17H,4,10H2,1-3H3;1-2H3/b6-5+;. The zero-order valence-corrected chi connectivity index (χ0v) is 13.6. The Bertz CT molecular complexity index is 458. The second-order valence-corrected chi connectivity index (χ2v) is 4.36. The molecule has 0 spiro atoms. The Morgan fingerprint density at radius 3 is 2.67 bits per heavy atom. The van der Waals surface area contributed by atoms with Crippen molar-refractivity contribution in [2.45, 2.75) is 40.7 Å². The van der Waals surface area contributed by atoms with E-state index in [2.05, 4.69) is 5.32 Å². The summed E-state index contributed by atoms with van der Waals surface area (Å²) in [5.41, 5.74) is 0.350. The summed E-state index contributed by atoms with van der Waals surface area (Å²) in [5.74, 6) is 0.102. The van der Waals surface area contributed by atoms with Gasteiger partial charge in [0.15, 0.2) is 5.78 Å². The van der Waals surface area contributed by atoms with Crippen LogP contribution in [0, 0.1) is 5.82 Å². The summed E-state index contributed by atoms with van der Waals surface area (Å²) in [6, 6.07) is 4.52. The second kappa shape index (κ2) is 11.0. The van der Waals surface area contributed by atoms with Crippen LogP contribution in [0.4, 0.5) is 4.39 Å². The van der Waals surface area contributed by atoms with Gasteiger partial charge in [0.2, 0.25) is 0 Å². The summed E-state index contributed by atoms with van der Waals surface area (Å²) in [6.45, 7) is 11.0. The van der Waals surface area contributed by atoms with Crippen molar-refractivity contribution in [3.63, 3.8) is 0 Å². The van der Waals surface area contributed by atoms with Crippen LogP contribution in [-0.2, 0) is 4.79 Å². The Hall–Kier alpha value is -1.68. The maximum atomic E-state index is 13.5. The van der Waals surface area contributed by atoms with Gasteiger partial charge >= 0.3 is 0 Å². The van der Waals surface area contributed by atoms with Crippen LogP contribution in [0.15, 0.2) is 24.3 Å². The van der Waals surface area contributed by atoms with Crippen LogP contribution in [0.1, 0.15) is 40.2 Å². The van der Waals surface area contributed by atoms with Crippen LogP contribution in [0.2, 0.25) is 0 Å². The van der Waals surface area contributed by atoms with Gasteiger partial charge in [-0.3, -0.25) is 4.79 Å². The van der Waals surface area contributed by atoms with E-state index in [1.165, 1.54) is 25.1 Å². The molecule has 0 amide bonds. The minimum absolute atomic E-state index is 0.00459. The van der Waals surface area contributed by atoms with E-state index in [1.807, 2.05) is 27.7 Å². The lowest BCUT2D eigenvalue weighted by Crippen LogP contribution is -2.28. The van der Waals surface area contributed by atoms with Crippen LogP contribution in [0.3, 0.4) is 0 Å².